The summed E-state index contributed by atoms with van der Waals surface area (Å²) in [6.07, 6.45) is 5.68. The number of nitrogens with one attached hydrogen (secondary N) is 1. The molecule has 106 valence electrons. The first-order valence-corrected chi connectivity index (χ1v) is 7.09. The van der Waals surface area contributed by atoms with E-state index < -0.39 is 0 Å². The maximum atomic E-state index is 5.22. The Balaban J connectivity index is 2.02. The number of nitrogens with zero attached hydrogens (tertiary/aromatic N) is 1. The smallest absolute Gasteiger partial charge is 0.137 e. The standard InChI is InChI=1S/C17H22N2O/c1-3-19-17(15-7-5-4-6-8-15)10-9-14-11-16(20-2)13-18-12-14/h4-8,11-13,17,19H,3,9-10H2,1-2H3. The number of benzene rings is 1. The largest absolute Gasteiger partial charge is 0.495 e. The van der Waals surface area contributed by atoms with Crippen LogP contribution in [-0.2, 0) is 6.42 Å². The van der Waals surface area contributed by atoms with Crippen molar-refractivity contribution < 1.29 is 4.74 Å². The predicted molar refractivity (Wildman–Crippen MR) is 82.0 cm³/mol. The molecule has 1 unspecified atom stereocenters. The van der Waals surface area contributed by atoms with Gasteiger partial charge in [-0.3, -0.25) is 4.98 Å². The van der Waals surface area contributed by atoms with Crippen LogP contribution in [0.25, 0.3) is 0 Å². The van der Waals surface area contributed by atoms with E-state index in [4.69, 9.17) is 4.74 Å². The van der Waals surface area contributed by atoms with Crippen LogP contribution in [0, 0.1) is 0 Å². The molecule has 3 nitrogen and oxygen atoms in total. The number of pyridine rings is 1. The molecule has 2 rings (SSSR count). The van der Waals surface area contributed by atoms with Crippen LogP contribution in [0.2, 0.25) is 0 Å². The van der Waals surface area contributed by atoms with Gasteiger partial charge in [0.25, 0.3) is 0 Å². The zero-order valence-corrected chi connectivity index (χ0v) is 12.2. The number of hydrogen-bond donors (Lipinski definition) is 1. The SMILES string of the molecule is CCNC(CCc1cncc(OC)c1)c1ccccc1. The number of hydrogen-bond acceptors (Lipinski definition) is 3. The van der Waals surface area contributed by atoms with Crippen molar-refractivity contribution in [2.45, 2.75) is 25.8 Å². The Kier molecular flexibility index (Phi) is 5.56. The molecule has 1 atom stereocenters. The van der Waals surface area contributed by atoms with Crippen molar-refractivity contribution in [3.63, 3.8) is 0 Å². The monoisotopic (exact) mass is 270 g/mol. The first-order valence-electron chi connectivity index (χ1n) is 7.09. The van der Waals surface area contributed by atoms with Gasteiger partial charge in [0.2, 0.25) is 0 Å². The van der Waals surface area contributed by atoms with E-state index >= 15 is 0 Å². The second-order valence-corrected chi connectivity index (χ2v) is 4.79. The van der Waals surface area contributed by atoms with Crippen molar-refractivity contribution in [3.05, 3.63) is 59.9 Å². The van der Waals surface area contributed by atoms with Gasteiger partial charge in [-0.2, -0.15) is 0 Å². The Bertz CT molecular complexity index is 513. The van der Waals surface area contributed by atoms with E-state index in [1.807, 2.05) is 6.20 Å². The molecule has 1 aromatic heterocycles. The minimum atomic E-state index is 0.382. The number of methoxy groups -OCH3 is 1. The summed E-state index contributed by atoms with van der Waals surface area (Å²) in [7, 11) is 1.67. The number of aryl methyl sites for hydroxylation is 1. The molecule has 0 radical (unpaired) electrons. The third-order valence-electron chi connectivity index (χ3n) is 3.38. The van der Waals surface area contributed by atoms with E-state index in [1.165, 1.54) is 11.1 Å². The van der Waals surface area contributed by atoms with Crippen LogP contribution in [0.4, 0.5) is 0 Å². The van der Waals surface area contributed by atoms with Crippen LogP contribution in [0.15, 0.2) is 48.8 Å². The van der Waals surface area contributed by atoms with E-state index in [-0.39, 0.29) is 0 Å². The summed E-state index contributed by atoms with van der Waals surface area (Å²) < 4.78 is 5.22. The maximum Gasteiger partial charge on any atom is 0.137 e. The van der Waals surface area contributed by atoms with Gasteiger partial charge in [-0.05, 0) is 36.6 Å². The lowest BCUT2D eigenvalue weighted by molar-refractivity contribution is 0.412. The fraction of sp³-hybridized carbons (Fsp3) is 0.353. The van der Waals surface area contributed by atoms with Gasteiger partial charge < -0.3 is 10.1 Å². The Morgan fingerprint density at radius 2 is 2.00 bits per heavy atom. The highest BCUT2D eigenvalue weighted by Crippen LogP contribution is 2.20. The summed E-state index contributed by atoms with van der Waals surface area (Å²) >= 11 is 0. The Labute approximate surface area is 121 Å². The Morgan fingerprint density at radius 3 is 2.70 bits per heavy atom. The minimum Gasteiger partial charge on any atom is -0.495 e. The molecule has 1 heterocycles. The summed E-state index contributed by atoms with van der Waals surface area (Å²) in [5, 5.41) is 3.55. The van der Waals surface area contributed by atoms with Crippen molar-refractivity contribution in [1.82, 2.24) is 10.3 Å². The predicted octanol–water partition coefficient (Wildman–Crippen LogP) is 3.37. The van der Waals surface area contributed by atoms with Gasteiger partial charge in [0.1, 0.15) is 5.75 Å². The van der Waals surface area contributed by atoms with Gasteiger partial charge in [0, 0.05) is 12.2 Å². The number of aromatic nitrogens is 1. The average Bonchev–Trinajstić information content (AvgIpc) is 2.52. The van der Waals surface area contributed by atoms with Gasteiger partial charge >= 0.3 is 0 Å². The summed E-state index contributed by atoms with van der Waals surface area (Å²) in [5.74, 6) is 0.821. The topological polar surface area (TPSA) is 34.2 Å². The van der Waals surface area contributed by atoms with Crippen molar-refractivity contribution in [3.8, 4) is 5.75 Å². The second-order valence-electron chi connectivity index (χ2n) is 4.79. The van der Waals surface area contributed by atoms with E-state index in [0.29, 0.717) is 6.04 Å². The normalized spacial score (nSPS) is 12.1. The highest BCUT2D eigenvalue weighted by molar-refractivity contribution is 5.24. The zero-order chi connectivity index (χ0) is 14.2. The average molecular weight is 270 g/mol. The first-order chi connectivity index (χ1) is 9.83. The fourth-order valence-corrected chi connectivity index (χ4v) is 2.34. The van der Waals surface area contributed by atoms with E-state index in [1.54, 1.807) is 13.3 Å². The van der Waals surface area contributed by atoms with Crippen LogP contribution in [-0.4, -0.2) is 18.6 Å². The van der Waals surface area contributed by atoms with Crippen LogP contribution in [0.5, 0.6) is 5.75 Å². The Hall–Kier alpha value is -1.87. The minimum absolute atomic E-state index is 0.382. The molecule has 0 spiro atoms. The highest BCUT2D eigenvalue weighted by Gasteiger charge is 2.10. The molecule has 0 amide bonds. The van der Waals surface area contributed by atoms with Gasteiger partial charge in [-0.1, -0.05) is 37.3 Å². The summed E-state index contributed by atoms with van der Waals surface area (Å²) in [5.41, 5.74) is 2.55. The highest BCUT2D eigenvalue weighted by atomic mass is 16.5. The molecule has 0 saturated heterocycles. The van der Waals surface area contributed by atoms with E-state index in [2.05, 4.69) is 53.6 Å². The van der Waals surface area contributed by atoms with Gasteiger partial charge in [0.05, 0.1) is 13.3 Å². The maximum absolute atomic E-state index is 5.22. The molecule has 20 heavy (non-hydrogen) atoms. The molecule has 0 aliphatic rings. The van der Waals surface area contributed by atoms with Gasteiger partial charge in [0.15, 0.2) is 0 Å². The van der Waals surface area contributed by atoms with Gasteiger partial charge in [-0.15, -0.1) is 0 Å². The van der Waals surface area contributed by atoms with Gasteiger partial charge in [-0.25, -0.2) is 0 Å². The molecule has 2 aromatic rings. The fourth-order valence-electron chi connectivity index (χ4n) is 2.34. The van der Waals surface area contributed by atoms with Crippen molar-refractivity contribution in [2.75, 3.05) is 13.7 Å². The van der Waals surface area contributed by atoms with Crippen molar-refractivity contribution in [1.29, 1.82) is 0 Å². The summed E-state index contributed by atoms with van der Waals surface area (Å²) in [4.78, 5) is 4.21. The number of ether oxygens (including phenoxy) is 1. The quantitative estimate of drug-likeness (QED) is 0.837. The lowest BCUT2D eigenvalue weighted by Gasteiger charge is -2.18. The lowest BCUT2D eigenvalue weighted by atomic mass is 9.99. The van der Waals surface area contributed by atoms with Crippen LogP contribution < -0.4 is 10.1 Å². The van der Waals surface area contributed by atoms with Crippen LogP contribution >= 0.6 is 0 Å². The molecule has 3 heteroatoms. The van der Waals surface area contributed by atoms with Crippen molar-refractivity contribution in [2.24, 2.45) is 0 Å². The van der Waals surface area contributed by atoms with E-state index in [9.17, 15) is 0 Å². The molecule has 0 saturated carbocycles. The molecule has 0 fully saturated rings. The third kappa shape index (κ3) is 4.07. The lowest BCUT2D eigenvalue weighted by Crippen LogP contribution is -2.21. The molecular weight excluding hydrogens is 248 g/mol. The second kappa shape index (κ2) is 7.65. The Morgan fingerprint density at radius 1 is 1.20 bits per heavy atom. The van der Waals surface area contributed by atoms with E-state index in [0.717, 1.165) is 25.1 Å². The zero-order valence-electron chi connectivity index (χ0n) is 12.2. The van der Waals surface area contributed by atoms with Crippen molar-refractivity contribution >= 4 is 0 Å². The summed E-state index contributed by atoms with van der Waals surface area (Å²) in [6, 6.07) is 13.0. The molecular formula is C17H22N2O. The third-order valence-corrected chi connectivity index (χ3v) is 3.38. The summed E-state index contributed by atoms with van der Waals surface area (Å²) in [6.45, 7) is 3.11. The molecule has 1 N–H and O–H groups in total. The molecule has 0 bridgehead atoms. The molecule has 1 aromatic carbocycles. The van der Waals surface area contributed by atoms with Crippen LogP contribution in [0.1, 0.15) is 30.5 Å². The molecule has 0 aliphatic carbocycles. The first kappa shape index (κ1) is 14.5. The molecule has 0 aliphatic heterocycles. The number of rotatable bonds is 7. The van der Waals surface area contributed by atoms with Crippen LogP contribution in [0.3, 0.4) is 0 Å².